The Bertz CT molecular complexity index is 893. The average molecular weight is 383 g/mol. The number of sulfonamides is 1. The Kier molecular flexibility index (Phi) is 3.74. The fourth-order valence-corrected chi connectivity index (χ4v) is 3.53. The summed E-state index contributed by atoms with van der Waals surface area (Å²) in [5.74, 6) is -0.500. The molecule has 2 heterocycles. The molecular formula is C12H6Cl2F2N2O4S. The first kappa shape index (κ1) is 16.0. The van der Waals surface area contributed by atoms with Gasteiger partial charge in [0.05, 0.1) is 5.69 Å². The Balaban J connectivity index is 1.90. The van der Waals surface area contributed by atoms with Gasteiger partial charge in [0.2, 0.25) is 0 Å². The van der Waals surface area contributed by atoms with Crippen LogP contribution >= 0.6 is 23.2 Å². The molecule has 23 heavy (non-hydrogen) atoms. The number of benzene rings is 1. The molecule has 0 amide bonds. The minimum Gasteiger partial charge on any atom is -0.395 e. The molecule has 1 aromatic carbocycles. The summed E-state index contributed by atoms with van der Waals surface area (Å²) >= 11 is 11.4. The number of halogens is 4. The van der Waals surface area contributed by atoms with E-state index in [0.29, 0.717) is 0 Å². The molecule has 0 radical (unpaired) electrons. The summed E-state index contributed by atoms with van der Waals surface area (Å²) in [4.78, 5) is 3.31. The SMILES string of the molecule is O=S(=O)(Nc1ccc2c(c1)OC(F)(F)O2)c1ccc(Cl)nc1Cl. The lowest BCUT2D eigenvalue weighted by Gasteiger charge is -2.09. The average Bonchev–Trinajstić information content (AvgIpc) is 2.70. The molecule has 1 aliphatic heterocycles. The fraction of sp³-hybridized carbons (Fsp3) is 0.0833. The molecule has 0 unspecified atom stereocenters. The highest BCUT2D eigenvalue weighted by molar-refractivity contribution is 7.92. The molecule has 122 valence electrons. The van der Waals surface area contributed by atoms with Crippen molar-refractivity contribution in [3.05, 3.63) is 40.6 Å². The summed E-state index contributed by atoms with van der Waals surface area (Å²) in [6.45, 7) is 0. The molecule has 0 saturated carbocycles. The van der Waals surface area contributed by atoms with E-state index in [-0.39, 0.29) is 32.4 Å². The minimum absolute atomic E-state index is 0.0175. The van der Waals surface area contributed by atoms with Gasteiger partial charge in [-0.25, -0.2) is 13.4 Å². The van der Waals surface area contributed by atoms with Gasteiger partial charge in [0.1, 0.15) is 10.0 Å². The lowest BCUT2D eigenvalue weighted by Crippen LogP contribution is -2.25. The van der Waals surface area contributed by atoms with Crippen molar-refractivity contribution in [1.82, 2.24) is 4.98 Å². The highest BCUT2D eigenvalue weighted by Crippen LogP contribution is 2.42. The van der Waals surface area contributed by atoms with Gasteiger partial charge in [0.25, 0.3) is 10.0 Å². The number of nitrogens with one attached hydrogen (secondary N) is 1. The molecule has 0 spiro atoms. The standard InChI is InChI=1S/C12H6Cl2F2N2O4S/c13-10-4-3-9(11(14)17-10)23(19,20)18-6-1-2-7-8(5-6)22-12(15,16)21-7/h1-5,18H. The van der Waals surface area contributed by atoms with Crippen LogP contribution in [0.1, 0.15) is 0 Å². The first-order chi connectivity index (χ1) is 10.7. The number of hydrogen-bond acceptors (Lipinski definition) is 5. The third-order valence-corrected chi connectivity index (χ3v) is 4.75. The van der Waals surface area contributed by atoms with Crippen molar-refractivity contribution in [1.29, 1.82) is 0 Å². The van der Waals surface area contributed by atoms with E-state index in [1.807, 2.05) is 0 Å². The molecule has 0 saturated heterocycles. The van der Waals surface area contributed by atoms with Crippen LogP contribution < -0.4 is 14.2 Å². The number of rotatable bonds is 3. The quantitative estimate of drug-likeness (QED) is 0.821. The molecule has 0 atom stereocenters. The predicted octanol–water partition coefficient (Wildman–Crippen LogP) is 3.51. The maximum Gasteiger partial charge on any atom is 0.586 e. The van der Waals surface area contributed by atoms with Gasteiger partial charge in [-0.15, -0.1) is 8.78 Å². The Morgan fingerprint density at radius 1 is 1.09 bits per heavy atom. The molecule has 1 aromatic heterocycles. The van der Waals surface area contributed by atoms with Crippen LogP contribution in [0.3, 0.4) is 0 Å². The van der Waals surface area contributed by atoms with E-state index >= 15 is 0 Å². The Hall–Kier alpha value is -1.84. The summed E-state index contributed by atoms with van der Waals surface area (Å²) < 4.78 is 61.0. The van der Waals surface area contributed by atoms with Crippen molar-refractivity contribution in [2.75, 3.05) is 4.72 Å². The van der Waals surface area contributed by atoms with Crippen LogP contribution in [-0.2, 0) is 10.0 Å². The number of ether oxygens (including phenoxy) is 2. The van der Waals surface area contributed by atoms with Crippen LogP contribution in [0.15, 0.2) is 35.2 Å². The van der Waals surface area contributed by atoms with Crippen molar-refractivity contribution in [2.45, 2.75) is 11.2 Å². The van der Waals surface area contributed by atoms with Gasteiger partial charge in [-0.1, -0.05) is 23.2 Å². The Morgan fingerprint density at radius 3 is 2.48 bits per heavy atom. The predicted molar refractivity (Wildman–Crippen MR) is 77.7 cm³/mol. The van der Waals surface area contributed by atoms with Gasteiger partial charge in [-0.2, -0.15) is 0 Å². The molecule has 0 bridgehead atoms. The van der Waals surface area contributed by atoms with Crippen molar-refractivity contribution in [3.8, 4) is 11.5 Å². The summed E-state index contributed by atoms with van der Waals surface area (Å²) in [5, 5.41) is -0.295. The van der Waals surface area contributed by atoms with Crippen molar-refractivity contribution >= 4 is 38.9 Å². The van der Waals surface area contributed by atoms with Gasteiger partial charge in [0, 0.05) is 6.07 Å². The van der Waals surface area contributed by atoms with Gasteiger partial charge in [0.15, 0.2) is 16.7 Å². The first-order valence-electron chi connectivity index (χ1n) is 5.91. The number of anilines is 1. The zero-order valence-corrected chi connectivity index (χ0v) is 13.2. The highest BCUT2D eigenvalue weighted by Gasteiger charge is 2.43. The highest BCUT2D eigenvalue weighted by atomic mass is 35.5. The second-order valence-corrected chi connectivity index (χ2v) is 6.75. The molecule has 1 N–H and O–H groups in total. The van der Waals surface area contributed by atoms with Crippen LogP contribution in [-0.4, -0.2) is 19.7 Å². The Labute approximate surface area is 139 Å². The first-order valence-corrected chi connectivity index (χ1v) is 8.15. The molecule has 0 aliphatic carbocycles. The van der Waals surface area contributed by atoms with Crippen molar-refractivity contribution in [3.63, 3.8) is 0 Å². The van der Waals surface area contributed by atoms with Crippen molar-refractivity contribution < 1.29 is 26.7 Å². The summed E-state index contributed by atoms with van der Waals surface area (Å²) in [7, 11) is -4.09. The van der Waals surface area contributed by atoms with Crippen LogP contribution in [0.25, 0.3) is 0 Å². The fourth-order valence-electron chi connectivity index (χ4n) is 1.82. The number of fused-ring (bicyclic) bond motifs is 1. The van der Waals surface area contributed by atoms with E-state index in [9.17, 15) is 17.2 Å². The van der Waals surface area contributed by atoms with Crippen LogP contribution in [0.5, 0.6) is 11.5 Å². The second kappa shape index (κ2) is 5.36. The molecule has 2 aromatic rings. The molecule has 0 fully saturated rings. The van der Waals surface area contributed by atoms with Gasteiger partial charge >= 0.3 is 6.29 Å². The largest absolute Gasteiger partial charge is 0.586 e. The summed E-state index contributed by atoms with van der Waals surface area (Å²) in [6, 6.07) is 5.86. The van der Waals surface area contributed by atoms with E-state index in [1.165, 1.54) is 18.2 Å². The smallest absolute Gasteiger partial charge is 0.395 e. The topological polar surface area (TPSA) is 77.5 Å². The van der Waals surface area contributed by atoms with Gasteiger partial charge < -0.3 is 9.47 Å². The third kappa shape index (κ3) is 3.26. The van der Waals surface area contributed by atoms with Gasteiger partial charge in [-0.05, 0) is 24.3 Å². The number of hydrogen-bond donors (Lipinski definition) is 1. The number of aromatic nitrogens is 1. The zero-order valence-electron chi connectivity index (χ0n) is 10.9. The molecule has 6 nitrogen and oxygen atoms in total. The van der Waals surface area contributed by atoms with Crippen LogP contribution in [0.4, 0.5) is 14.5 Å². The normalized spacial score (nSPS) is 15.5. The van der Waals surface area contributed by atoms with Crippen LogP contribution in [0, 0.1) is 0 Å². The maximum absolute atomic E-state index is 12.9. The summed E-state index contributed by atoms with van der Waals surface area (Å²) in [5.41, 5.74) is -0.0175. The van der Waals surface area contributed by atoms with Crippen molar-refractivity contribution in [2.24, 2.45) is 0 Å². The molecular weight excluding hydrogens is 377 g/mol. The number of nitrogens with zero attached hydrogens (tertiary/aromatic N) is 1. The van der Waals surface area contributed by atoms with E-state index in [2.05, 4.69) is 19.2 Å². The van der Waals surface area contributed by atoms with E-state index in [0.717, 1.165) is 12.1 Å². The lowest BCUT2D eigenvalue weighted by molar-refractivity contribution is -0.286. The lowest BCUT2D eigenvalue weighted by atomic mass is 10.3. The molecule has 11 heteroatoms. The maximum atomic E-state index is 12.9. The third-order valence-electron chi connectivity index (χ3n) is 2.72. The van der Waals surface area contributed by atoms with E-state index in [1.54, 1.807) is 0 Å². The van der Waals surface area contributed by atoms with E-state index < -0.39 is 16.3 Å². The van der Waals surface area contributed by atoms with Crippen LogP contribution in [0.2, 0.25) is 10.3 Å². The molecule has 3 rings (SSSR count). The molecule has 1 aliphatic rings. The Morgan fingerprint density at radius 2 is 1.78 bits per heavy atom. The number of alkyl halides is 2. The second-order valence-electron chi connectivity index (χ2n) is 4.36. The number of pyridine rings is 1. The van der Waals surface area contributed by atoms with Gasteiger partial charge in [-0.3, -0.25) is 4.72 Å². The summed E-state index contributed by atoms with van der Waals surface area (Å²) in [6.07, 6.45) is -3.79. The minimum atomic E-state index is -4.09. The van der Waals surface area contributed by atoms with E-state index in [4.69, 9.17) is 23.2 Å². The monoisotopic (exact) mass is 382 g/mol. The zero-order chi connectivity index (χ0) is 16.8.